The van der Waals surface area contributed by atoms with Crippen LogP contribution in [0.25, 0.3) is 6.08 Å². The van der Waals surface area contributed by atoms with Gasteiger partial charge in [-0.05, 0) is 30.7 Å². The second kappa shape index (κ2) is 7.90. The minimum atomic E-state index is -0.757. The molecule has 0 aliphatic rings. The average Bonchev–Trinajstić information content (AvgIpc) is 2.53. The molecule has 0 heterocycles. The molecule has 0 spiro atoms. The average molecular weight is 282 g/mol. The lowest BCUT2D eigenvalue weighted by atomic mass is 10.2. The first-order chi connectivity index (χ1) is 10.3. The first-order valence-corrected chi connectivity index (χ1v) is 6.91. The fourth-order valence-corrected chi connectivity index (χ4v) is 1.80. The number of carbonyl (C=O) groups excluding carboxylic acids is 1. The Kier molecular flexibility index (Phi) is 5.59. The van der Waals surface area contributed by atoms with Crippen molar-refractivity contribution in [2.45, 2.75) is 13.0 Å². The normalized spacial score (nSPS) is 12.0. The number of rotatable bonds is 6. The van der Waals surface area contributed by atoms with Crippen LogP contribution in [0.2, 0.25) is 0 Å². The number of para-hydroxylation sites is 1. The maximum Gasteiger partial charge on any atom is 0.351 e. The molecule has 1 atom stereocenters. The van der Waals surface area contributed by atoms with Crippen LogP contribution in [0.5, 0.6) is 5.75 Å². The molecule has 0 aliphatic heterocycles. The summed E-state index contributed by atoms with van der Waals surface area (Å²) in [5, 5.41) is 0. The molecular formula is C18H18O3. The number of esters is 1. The summed E-state index contributed by atoms with van der Waals surface area (Å²) in [5.41, 5.74) is 1.00. The third-order valence-corrected chi connectivity index (χ3v) is 2.79. The van der Waals surface area contributed by atoms with Gasteiger partial charge in [-0.15, -0.1) is 0 Å². The molecule has 2 aromatic carbocycles. The summed E-state index contributed by atoms with van der Waals surface area (Å²) >= 11 is 0. The monoisotopic (exact) mass is 282 g/mol. The van der Waals surface area contributed by atoms with E-state index in [1.807, 2.05) is 66.7 Å². The van der Waals surface area contributed by atoms with Crippen LogP contribution in [0.3, 0.4) is 0 Å². The van der Waals surface area contributed by atoms with Crippen molar-refractivity contribution in [1.29, 1.82) is 0 Å². The van der Waals surface area contributed by atoms with Crippen LogP contribution in [-0.2, 0) is 9.53 Å². The molecule has 1 unspecified atom stereocenters. The van der Waals surface area contributed by atoms with Gasteiger partial charge in [0, 0.05) is 0 Å². The van der Waals surface area contributed by atoms with Crippen molar-refractivity contribution in [3.63, 3.8) is 0 Å². The van der Waals surface area contributed by atoms with Gasteiger partial charge in [-0.25, -0.2) is 4.79 Å². The van der Waals surface area contributed by atoms with Crippen LogP contribution >= 0.6 is 0 Å². The summed E-state index contributed by atoms with van der Waals surface area (Å²) in [7, 11) is 0. The largest absolute Gasteiger partial charge is 0.475 e. The zero-order valence-corrected chi connectivity index (χ0v) is 11.9. The van der Waals surface area contributed by atoms with Crippen molar-refractivity contribution in [3.05, 3.63) is 72.3 Å². The van der Waals surface area contributed by atoms with Crippen molar-refractivity contribution in [3.8, 4) is 5.75 Å². The van der Waals surface area contributed by atoms with E-state index in [0.29, 0.717) is 12.4 Å². The number of ether oxygens (including phenoxy) is 2. The third kappa shape index (κ3) is 4.80. The summed E-state index contributed by atoms with van der Waals surface area (Å²) in [6.45, 7) is 2.10. The maximum atomic E-state index is 12.0. The van der Waals surface area contributed by atoms with Crippen LogP contribution in [0.1, 0.15) is 12.5 Å². The summed E-state index contributed by atoms with van der Waals surface area (Å²) in [4.78, 5) is 12.0. The molecule has 108 valence electrons. The van der Waals surface area contributed by atoms with Crippen LogP contribution in [0.4, 0.5) is 0 Å². The Morgan fingerprint density at radius 3 is 2.29 bits per heavy atom. The quantitative estimate of drug-likeness (QED) is 0.758. The molecule has 0 saturated heterocycles. The van der Waals surface area contributed by atoms with Gasteiger partial charge in [0.15, 0.2) is 0 Å². The Morgan fingerprint density at radius 1 is 1.05 bits per heavy atom. The van der Waals surface area contributed by atoms with Gasteiger partial charge in [0.25, 0.3) is 0 Å². The molecule has 3 nitrogen and oxygen atoms in total. The molecule has 0 N–H and O–H groups in total. The second-order valence-corrected chi connectivity index (χ2v) is 4.37. The molecule has 0 radical (unpaired) electrons. The fraction of sp³-hybridized carbons (Fsp3) is 0.167. The summed E-state index contributed by atoms with van der Waals surface area (Å²) in [6, 6.07) is 19.0. The number of benzene rings is 2. The Balaban J connectivity index is 2.12. The van der Waals surface area contributed by atoms with Crippen LogP contribution in [0.15, 0.2) is 66.7 Å². The summed E-state index contributed by atoms with van der Waals surface area (Å²) in [5.74, 6) is 0.238. The first kappa shape index (κ1) is 14.9. The molecular weight excluding hydrogens is 264 g/mol. The first-order valence-electron chi connectivity index (χ1n) is 6.91. The minimum Gasteiger partial charge on any atom is -0.475 e. The highest BCUT2D eigenvalue weighted by Gasteiger charge is 2.18. The second-order valence-electron chi connectivity index (χ2n) is 4.37. The SMILES string of the molecule is CCOC(=O)C(/C=C/c1ccccc1)Oc1ccccc1. The van der Waals surface area contributed by atoms with E-state index in [0.717, 1.165) is 5.56 Å². The van der Waals surface area contributed by atoms with E-state index < -0.39 is 12.1 Å². The van der Waals surface area contributed by atoms with Crippen molar-refractivity contribution in [2.75, 3.05) is 6.61 Å². The minimum absolute atomic E-state index is 0.326. The highest BCUT2D eigenvalue weighted by atomic mass is 16.6. The third-order valence-electron chi connectivity index (χ3n) is 2.79. The van der Waals surface area contributed by atoms with E-state index in [1.54, 1.807) is 13.0 Å². The highest BCUT2D eigenvalue weighted by molar-refractivity contribution is 5.78. The van der Waals surface area contributed by atoms with Crippen molar-refractivity contribution in [1.82, 2.24) is 0 Å². The van der Waals surface area contributed by atoms with Crippen molar-refractivity contribution in [2.24, 2.45) is 0 Å². The Morgan fingerprint density at radius 2 is 1.67 bits per heavy atom. The number of carbonyl (C=O) groups is 1. The van der Waals surface area contributed by atoms with Gasteiger partial charge in [0.05, 0.1) is 6.61 Å². The molecule has 0 amide bonds. The standard InChI is InChI=1S/C18H18O3/c1-2-20-18(19)17(21-16-11-7-4-8-12-16)14-13-15-9-5-3-6-10-15/h3-14,17H,2H2,1H3/b14-13+. The van der Waals surface area contributed by atoms with E-state index in [9.17, 15) is 4.79 Å². The van der Waals surface area contributed by atoms with E-state index in [1.165, 1.54) is 0 Å². The lowest BCUT2D eigenvalue weighted by Gasteiger charge is -2.14. The van der Waals surface area contributed by atoms with Crippen LogP contribution < -0.4 is 4.74 Å². The van der Waals surface area contributed by atoms with Crippen LogP contribution in [-0.4, -0.2) is 18.7 Å². The van der Waals surface area contributed by atoms with Gasteiger partial charge in [-0.3, -0.25) is 0 Å². The van der Waals surface area contributed by atoms with Gasteiger partial charge in [-0.1, -0.05) is 54.6 Å². The molecule has 21 heavy (non-hydrogen) atoms. The van der Waals surface area contributed by atoms with Crippen molar-refractivity contribution < 1.29 is 14.3 Å². The summed E-state index contributed by atoms with van der Waals surface area (Å²) in [6.07, 6.45) is 2.80. The maximum absolute atomic E-state index is 12.0. The van der Waals surface area contributed by atoms with Gasteiger partial charge in [0.1, 0.15) is 5.75 Å². The molecule has 0 bridgehead atoms. The zero-order chi connectivity index (χ0) is 14.9. The van der Waals surface area contributed by atoms with E-state index in [2.05, 4.69) is 0 Å². The molecule has 2 aromatic rings. The molecule has 2 rings (SSSR count). The molecule has 0 fully saturated rings. The van der Waals surface area contributed by atoms with Crippen molar-refractivity contribution >= 4 is 12.0 Å². The lowest BCUT2D eigenvalue weighted by Crippen LogP contribution is -2.27. The lowest BCUT2D eigenvalue weighted by molar-refractivity contribution is -0.149. The molecule has 0 saturated carbocycles. The van der Waals surface area contributed by atoms with E-state index in [4.69, 9.17) is 9.47 Å². The Hall–Kier alpha value is -2.55. The molecule has 0 aliphatic carbocycles. The number of hydrogen-bond acceptors (Lipinski definition) is 3. The van der Waals surface area contributed by atoms with E-state index >= 15 is 0 Å². The fourth-order valence-electron chi connectivity index (χ4n) is 1.80. The van der Waals surface area contributed by atoms with Crippen LogP contribution in [0, 0.1) is 0 Å². The van der Waals surface area contributed by atoms with E-state index in [-0.39, 0.29) is 0 Å². The van der Waals surface area contributed by atoms with Gasteiger partial charge in [-0.2, -0.15) is 0 Å². The van der Waals surface area contributed by atoms with Gasteiger partial charge in [0.2, 0.25) is 6.10 Å². The predicted molar refractivity (Wildman–Crippen MR) is 83.0 cm³/mol. The molecule has 0 aromatic heterocycles. The Bertz CT molecular complexity index is 576. The predicted octanol–water partition coefficient (Wildman–Crippen LogP) is 3.71. The smallest absolute Gasteiger partial charge is 0.351 e. The topological polar surface area (TPSA) is 35.5 Å². The summed E-state index contributed by atoms with van der Waals surface area (Å²) < 4.78 is 10.7. The molecule has 3 heteroatoms. The number of hydrogen-bond donors (Lipinski definition) is 0. The highest BCUT2D eigenvalue weighted by Crippen LogP contribution is 2.13. The van der Waals surface area contributed by atoms with Gasteiger partial charge >= 0.3 is 5.97 Å². The zero-order valence-electron chi connectivity index (χ0n) is 11.9. The Labute approximate surface area is 124 Å². The van der Waals surface area contributed by atoms with Gasteiger partial charge < -0.3 is 9.47 Å².